The predicted octanol–water partition coefficient (Wildman–Crippen LogP) is 2.97. The summed E-state index contributed by atoms with van der Waals surface area (Å²) in [5, 5.41) is 2.73. The topological polar surface area (TPSA) is 67.9 Å². The smallest absolute Gasteiger partial charge is 0.237 e. The van der Waals surface area contributed by atoms with Gasteiger partial charge >= 0.3 is 0 Å². The van der Waals surface area contributed by atoms with Crippen molar-refractivity contribution < 1.29 is 23.5 Å². The summed E-state index contributed by atoms with van der Waals surface area (Å²) >= 11 is 0. The predicted molar refractivity (Wildman–Crippen MR) is 107 cm³/mol. The molecule has 2 aromatic rings. The number of likely N-dealkylation sites (tertiary alicyclic amines) is 1. The SMILES string of the molecule is COCCOc1cccc([C@@H]2CN(C)C(=O)C2C(=O)Nc2cccc(F)c2C)c1. The minimum absolute atomic E-state index is 0.257. The molecule has 0 saturated carbocycles. The molecule has 154 valence electrons. The molecule has 1 heterocycles. The summed E-state index contributed by atoms with van der Waals surface area (Å²) in [7, 11) is 3.28. The standard InChI is InChI=1S/C22H25FN2O4/c1-14-18(23)8-5-9-19(14)24-21(26)20-17(13-25(2)22(20)27)15-6-4-7-16(12-15)29-11-10-28-3/h4-9,12,17,20H,10-11,13H2,1-3H3,(H,24,26)/t17-,20?/m0/s1. The van der Waals surface area contributed by atoms with Crippen molar-refractivity contribution in [1.82, 2.24) is 4.90 Å². The number of hydrogen-bond acceptors (Lipinski definition) is 4. The van der Waals surface area contributed by atoms with E-state index in [0.717, 1.165) is 5.56 Å². The van der Waals surface area contributed by atoms with Gasteiger partial charge in [-0.3, -0.25) is 9.59 Å². The van der Waals surface area contributed by atoms with Crippen LogP contribution in [0.15, 0.2) is 42.5 Å². The Bertz CT molecular complexity index is 902. The van der Waals surface area contributed by atoms with Crippen molar-refractivity contribution in [3.63, 3.8) is 0 Å². The number of benzene rings is 2. The lowest BCUT2D eigenvalue weighted by Gasteiger charge is -2.18. The van der Waals surface area contributed by atoms with E-state index in [0.29, 0.717) is 36.8 Å². The fraction of sp³-hybridized carbons (Fsp3) is 0.364. The van der Waals surface area contributed by atoms with Crippen LogP contribution in [0.1, 0.15) is 17.0 Å². The third-order valence-corrected chi connectivity index (χ3v) is 5.17. The van der Waals surface area contributed by atoms with Crippen LogP contribution in [0.3, 0.4) is 0 Å². The van der Waals surface area contributed by atoms with E-state index in [1.54, 1.807) is 32.0 Å². The fourth-order valence-corrected chi connectivity index (χ4v) is 3.52. The van der Waals surface area contributed by atoms with Crippen molar-refractivity contribution >= 4 is 17.5 Å². The molecule has 1 unspecified atom stereocenters. The van der Waals surface area contributed by atoms with Gasteiger partial charge in [-0.05, 0) is 36.8 Å². The van der Waals surface area contributed by atoms with Gasteiger partial charge in [0.1, 0.15) is 24.1 Å². The van der Waals surface area contributed by atoms with Crippen LogP contribution >= 0.6 is 0 Å². The molecule has 2 aromatic carbocycles. The van der Waals surface area contributed by atoms with Gasteiger partial charge in [0.2, 0.25) is 11.8 Å². The lowest BCUT2D eigenvalue weighted by molar-refractivity contribution is -0.135. The van der Waals surface area contributed by atoms with Crippen molar-refractivity contribution in [2.24, 2.45) is 5.92 Å². The summed E-state index contributed by atoms with van der Waals surface area (Å²) < 4.78 is 24.5. The summed E-state index contributed by atoms with van der Waals surface area (Å²) in [5.41, 5.74) is 1.55. The monoisotopic (exact) mass is 400 g/mol. The van der Waals surface area contributed by atoms with Crippen LogP contribution in [0.4, 0.5) is 10.1 Å². The van der Waals surface area contributed by atoms with Crippen LogP contribution in [0.5, 0.6) is 5.75 Å². The summed E-state index contributed by atoms with van der Waals surface area (Å²) in [6.45, 7) is 2.88. The molecule has 3 rings (SSSR count). The molecule has 29 heavy (non-hydrogen) atoms. The summed E-state index contributed by atoms with van der Waals surface area (Å²) in [4.78, 5) is 27.2. The second-order valence-corrected chi connectivity index (χ2v) is 7.12. The normalized spacial score (nSPS) is 18.8. The zero-order valence-corrected chi connectivity index (χ0v) is 16.8. The van der Waals surface area contributed by atoms with E-state index < -0.39 is 17.6 Å². The van der Waals surface area contributed by atoms with Crippen molar-refractivity contribution in [1.29, 1.82) is 0 Å². The van der Waals surface area contributed by atoms with Crippen molar-refractivity contribution in [3.05, 3.63) is 59.4 Å². The Labute approximate surface area is 169 Å². The number of nitrogens with one attached hydrogen (secondary N) is 1. The van der Waals surface area contributed by atoms with Crippen molar-refractivity contribution in [2.45, 2.75) is 12.8 Å². The highest BCUT2D eigenvalue weighted by Crippen LogP contribution is 2.35. The van der Waals surface area contributed by atoms with Gasteiger partial charge in [0.25, 0.3) is 0 Å². The Morgan fingerprint density at radius 2 is 2.00 bits per heavy atom. The van der Waals surface area contributed by atoms with Crippen molar-refractivity contribution in [2.75, 3.05) is 39.2 Å². The second kappa shape index (κ2) is 9.05. The maximum absolute atomic E-state index is 13.8. The maximum Gasteiger partial charge on any atom is 0.237 e. The molecular weight excluding hydrogens is 375 g/mol. The van der Waals surface area contributed by atoms with Crippen LogP contribution < -0.4 is 10.1 Å². The number of methoxy groups -OCH3 is 1. The number of nitrogens with zero attached hydrogens (tertiary/aromatic N) is 1. The highest BCUT2D eigenvalue weighted by Gasteiger charge is 2.44. The van der Waals surface area contributed by atoms with Crippen LogP contribution in [0.2, 0.25) is 0 Å². The molecule has 6 nitrogen and oxygen atoms in total. The van der Waals surface area contributed by atoms with E-state index in [9.17, 15) is 14.0 Å². The Morgan fingerprint density at radius 1 is 1.24 bits per heavy atom. The van der Waals surface area contributed by atoms with Crippen LogP contribution in [0, 0.1) is 18.7 Å². The average molecular weight is 400 g/mol. The molecule has 2 amide bonds. The van der Waals surface area contributed by atoms with Crippen LogP contribution in [-0.2, 0) is 14.3 Å². The molecule has 1 aliphatic rings. The number of rotatable bonds is 7. The number of halogens is 1. The second-order valence-electron chi connectivity index (χ2n) is 7.12. The lowest BCUT2D eigenvalue weighted by atomic mass is 9.87. The molecular formula is C22H25FN2O4. The number of likely N-dealkylation sites (N-methyl/N-ethyl adjacent to an activating group) is 1. The number of amides is 2. The molecule has 0 radical (unpaired) electrons. The third kappa shape index (κ3) is 4.56. The summed E-state index contributed by atoms with van der Waals surface area (Å²) in [6, 6.07) is 11.9. The third-order valence-electron chi connectivity index (χ3n) is 5.17. The van der Waals surface area contributed by atoms with E-state index in [4.69, 9.17) is 9.47 Å². The molecule has 7 heteroatoms. The Kier molecular flexibility index (Phi) is 6.49. The van der Waals surface area contributed by atoms with Gasteiger partial charge in [-0.25, -0.2) is 4.39 Å². The van der Waals surface area contributed by atoms with Gasteiger partial charge in [-0.1, -0.05) is 18.2 Å². The first-order valence-electron chi connectivity index (χ1n) is 9.45. The molecule has 0 bridgehead atoms. The Morgan fingerprint density at radius 3 is 2.76 bits per heavy atom. The van der Waals surface area contributed by atoms with Gasteiger partial charge in [0, 0.05) is 37.9 Å². The van der Waals surface area contributed by atoms with Crippen molar-refractivity contribution in [3.8, 4) is 5.75 Å². The first-order valence-corrected chi connectivity index (χ1v) is 9.45. The molecule has 1 N–H and O–H groups in total. The molecule has 0 aliphatic carbocycles. The Balaban J connectivity index is 1.83. The van der Waals surface area contributed by atoms with Gasteiger partial charge in [-0.2, -0.15) is 0 Å². The van der Waals surface area contributed by atoms with Crippen LogP contribution in [-0.4, -0.2) is 50.6 Å². The number of anilines is 1. The highest BCUT2D eigenvalue weighted by atomic mass is 19.1. The minimum atomic E-state index is -0.892. The van der Waals surface area contributed by atoms with E-state index in [1.807, 2.05) is 24.3 Å². The number of carbonyl (C=O) groups excluding carboxylic acids is 2. The minimum Gasteiger partial charge on any atom is -0.491 e. The molecule has 0 aromatic heterocycles. The molecule has 1 fully saturated rings. The highest BCUT2D eigenvalue weighted by molar-refractivity contribution is 6.08. The summed E-state index contributed by atoms with van der Waals surface area (Å²) in [6.07, 6.45) is 0. The van der Waals surface area contributed by atoms with Gasteiger partial charge in [0.15, 0.2) is 0 Å². The van der Waals surface area contributed by atoms with Gasteiger partial charge < -0.3 is 19.7 Å². The van der Waals surface area contributed by atoms with E-state index in [2.05, 4.69) is 5.32 Å². The van der Waals surface area contributed by atoms with Gasteiger partial charge in [0.05, 0.1) is 6.61 Å². The maximum atomic E-state index is 13.8. The number of ether oxygens (including phenoxy) is 2. The van der Waals surface area contributed by atoms with E-state index >= 15 is 0 Å². The van der Waals surface area contributed by atoms with Crippen LogP contribution in [0.25, 0.3) is 0 Å². The zero-order chi connectivity index (χ0) is 21.0. The molecule has 1 aliphatic heterocycles. The van der Waals surface area contributed by atoms with E-state index in [1.165, 1.54) is 12.1 Å². The lowest BCUT2D eigenvalue weighted by Crippen LogP contribution is -2.33. The summed E-state index contributed by atoms with van der Waals surface area (Å²) in [5.74, 6) is -1.67. The largest absolute Gasteiger partial charge is 0.491 e. The molecule has 0 spiro atoms. The fourth-order valence-electron chi connectivity index (χ4n) is 3.52. The van der Waals surface area contributed by atoms with E-state index in [-0.39, 0.29) is 11.8 Å². The first kappa shape index (κ1) is 20.8. The Hall–Kier alpha value is -2.93. The number of carbonyl (C=O) groups is 2. The van der Waals surface area contributed by atoms with Gasteiger partial charge in [-0.15, -0.1) is 0 Å². The first-order chi connectivity index (χ1) is 13.9. The quantitative estimate of drug-likeness (QED) is 0.573. The number of hydrogen-bond donors (Lipinski definition) is 1. The molecule has 1 saturated heterocycles. The average Bonchev–Trinajstić information content (AvgIpc) is 3.01. The molecule has 2 atom stereocenters. The zero-order valence-electron chi connectivity index (χ0n) is 16.8.